The zero-order chi connectivity index (χ0) is 35.8. The van der Waals surface area contributed by atoms with Crippen molar-refractivity contribution in [2.75, 3.05) is 0 Å². The van der Waals surface area contributed by atoms with Gasteiger partial charge in [-0.1, -0.05) is 140 Å². The normalized spacial score (nSPS) is 12.4. The molecule has 55 heavy (non-hydrogen) atoms. The van der Waals surface area contributed by atoms with Crippen molar-refractivity contribution in [1.82, 2.24) is 18.9 Å². The highest BCUT2D eigenvalue weighted by Gasteiger charge is 2.27. The van der Waals surface area contributed by atoms with Crippen molar-refractivity contribution in [3.8, 4) is 28.3 Å². The highest BCUT2D eigenvalue weighted by atomic mass is 16.3. The molecule has 0 radical (unpaired) electrons. The molecule has 254 valence electrons. The second kappa shape index (κ2) is 10.6. The lowest BCUT2D eigenvalue weighted by atomic mass is 9.99. The molecule has 0 saturated carbocycles. The molecule has 5 aromatic heterocycles. The van der Waals surface area contributed by atoms with Crippen LogP contribution in [-0.4, -0.2) is 18.9 Å². The summed E-state index contributed by atoms with van der Waals surface area (Å²) < 4.78 is 11.3. The van der Waals surface area contributed by atoms with E-state index in [4.69, 9.17) is 14.4 Å². The molecule has 0 aliphatic heterocycles. The topological polar surface area (TPSA) is 48.3 Å². The molecule has 13 aromatic rings. The van der Waals surface area contributed by atoms with Crippen LogP contribution in [-0.2, 0) is 0 Å². The van der Waals surface area contributed by atoms with Crippen LogP contribution >= 0.6 is 0 Å². The van der Waals surface area contributed by atoms with Crippen molar-refractivity contribution in [3.63, 3.8) is 0 Å². The first kappa shape index (κ1) is 29.0. The highest BCUT2D eigenvalue weighted by Crippen LogP contribution is 2.48. The van der Waals surface area contributed by atoms with E-state index in [2.05, 4.69) is 155 Å². The zero-order valence-electron chi connectivity index (χ0n) is 29.4. The molecule has 5 nitrogen and oxygen atoms in total. The largest absolute Gasteiger partial charge is 0.437 e. The minimum Gasteiger partial charge on any atom is -0.437 e. The second-order valence-electron chi connectivity index (χ2n) is 14.5. The van der Waals surface area contributed by atoms with Gasteiger partial charge < -0.3 is 8.82 Å². The predicted octanol–water partition coefficient (Wildman–Crippen LogP) is 13.1. The van der Waals surface area contributed by atoms with Crippen LogP contribution in [0.4, 0.5) is 0 Å². The maximum atomic E-state index is 6.59. The monoisotopic (exact) mass is 700 g/mol. The summed E-state index contributed by atoms with van der Waals surface area (Å²) in [5, 5.41) is 11.6. The van der Waals surface area contributed by atoms with Crippen LogP contribution in [0.3, 0.4) is 0 Å². The Morgan fingerprint density at radius 1 is 0.400 bits per heavy atom. The lowest BCUT2D eigenvalue weighted by molar-refractivity contribution is 0.651. The van der Waals surface area contributed by atoms with Crippen molar-refractivity contribution in [2.45, 2.75) is 0 Å². The Balaban J connectivity index is 1.21. The lowest BCUT2D eigenvalue weighted by Gasteiger charge is -2.11. The van der Waals surface area contributed by atoms with Crippen molar-refractivity contribution in [3.05, 3.63) is 170 Å². The van der Waals surface area contributed by atoms with E-state index in [0.717, 1.165) is 44.2 Å². The molecule has 0 bridgehead atoms. The Kier molecular flexibility index (Phi) is 5.57. The maximum absolute atomic E-state index is 6.59. The van der Waals surface area contributed by atoms with Crippen LogP contribution in [0.1, 0.15) is 0 Å². The molecule has 0 spiro atoms. The summed E-state index contributed by atoms with van der Waals surface area (Å²) in [6.07, 6.45) is 0. The first-order valence-electron chi connectivity index (χ1n) is 18.7. The number of para-hydroxylation sites is 3. The van der Waals surface area contributed by atoms with Gasteiger partial charge in [-0.3, -0.25) is 4.57 Å². The van der Waals surface area contributed by atoms with Crippen LogP contribution in [0.2, 0.25) is 0 Å². The van der Waals surface area contributed by atoms with Gasteiger partial charge in [-0.15, -0.1) is 0 Å². The van der Waals surface area contributed by atoms with E-state index in [1.807, 2.05) is 24.3 Å². The Morgan fingerprint density at radius 2 is 1.05 bits per heavy atom. The van der Waals surface area contributed by atoms with Crippen molar-refractivity contribution < 1.29 is 4.42 Å². The average molecular weight is 701 g/mol. The van der Waals surface area contributed by atoms with Gasteiger partial charge in [0.25, 0.3) is 0 Å². The molecule has 0 unspecified atom stereocenters. The predicted molar refractivity (Wildman–Crippen MR) is 227 cm³/mol. The third-order valence-electron chi connectivity index (χ3n) is 11.7. The van der Waals surface area contributed by atoms with Gasteiger partial charge >= 0.3 is 0 Å². The van der Waals surface area contributed by atoms with Gasteiger partial charge in [0.1, 0.15) is 5.58 Å². The number of aromatic nitrogens is 4. The molecule has 0 aliphatic rings. The van der Waals surface area contributed by atoms with Gasteiger partial charge in [-0.2, -0.15) is 4.98 Å². The second-order valence-corrected chi connectivity index (χ2v) is 14.5. The van der Waals surface area contributed by atoms with Crippen LogP contribution in [0.15, 0.2) is 174 Å². The molecule has 0 atom stereocenters. The van der Waals surface area contributed by atoms with E-state index >= 15 is 0 Å². The van der Waals surface area contributed by atoms with Crippen LogP contribution in [0, 0.1) is 0 Å². The van der Waals surface area contributed by atoms with E-state index in [0.29, 0.717) is 11.7 Å². The lowest BCUT2D eigenvalue weighted by Crippen LogP contribution is -2.03. The number of benzene rings is 8. The van der Waals surface area contributed by atoms with Crippen LogP contribution in [0.25, 0.3) is 121 Å². The summed E-state index contributed by atoms with van der Waals surface area (Å²) in [6, 6.07) is 60.5. The maximum Gasteiger partial charge on any atom is 0.238 e. The minimum absolute atomic E-state index is 0.566. The standard InChI is InChI=1S/C50H28N4O/c1-2-12-29(13-3-1)30-22-24-32(25-23-30)47-45-36-18-8-11-21-42(36)55-49(45)52-50(51-47)54-40-27-26-31-14-4-5-15-33(31)43(40)46-41(54)28-37-34-16-6-9-19-38(34)53-39-20-10-7-17-35(39)44(46)48(37)53/h1-28H. The van der Waals surface area contributed by atoms with E-state index < -0.39 is 0 Å². The Hall–Kier alpha value is -7.50. The molecule has 5 heterocycles. The molecule has 13 rings (SSSR count). The van der Waals surface area contributed by atoms with Crippen molar-refractivity contribution in [1.29, 1.82) is 0 Å². The quantitative estimate of drug-likeness (QED) is 0.184. The van der Waals surface area contributed by atoms with E-state index in [9.17, 15) is 0 Å². The van der Waals surface area contributed by atoms with Crippen molar-refractivity contribution >= 4 is 92.7 Å². The molecule has 0 aliphatic carbocycles. The van der Waals surface area contributed by atoms with Gasteiger partial charge in [0.15, 0.2) is 0 Å². The summed E-state index contributed by atoms with van der Waals surface area (Å²) >= 11 is 0. The Bertz CT molecular complexity index is 3700. The fraction of sp³-hybridized carbons (Fsp3) is 0. The summed E-state index contributed by atoms with van der Waals surface area (Å²) in [4.78, 5) is 10.9. The first-order chi connectivity index (χ1) is 27.3. The Labute approximate surface area is 313 Å². The van der Waals surface area contributed by atoms with Gasteiger partial charge in [0, 0.05) is 43.3 Å². The summed E-state index contributed by atoms with van der Waals surface area (Å²) in [5.74, 6) is 0.575. The number of hydrogen-bond acceptors (Lipinski definition) is 3. The molecular formula is C50H28N4O. The SMILES string of the molecule is c1ccc(-c2ccc(-c3nc(-n4c5ccc6ccccc6c5c5c6c7ccccc7n7c8ccccc8c(cc54)c67)nc4oc5ccccc5c34)cc2)cc1. The summed E-state index contributed by atoms with van der Waals surface area (Å²) in [6.45, 7) is 0. The first-order valence-corrected chi connectivity index (χ1v) is 18.7. The third-order valence-corrected chi connectivity index (χ3v) is 11.7. The van der Waals surface area contributed by atoms with Crippen LogP contribution < -0.4 is 0 Å². The van der Waals surface area contributed by atoms with E-state index in [1.54, 1.807) is 0 Å². The highest BCUT2D eigenvalue weighted by molar-refractivity contribution is 6.38. The van der Waals surface area contributed by atoms with E-state index in [-0.39, 0.29) is 0 Å². The Morgan fingerprint density at radius 3 is 1.89 bits per heavy atom. The fourth-order valence-electron chi connectivity index (χ4n) is 9.36. The van der Waals surface area contributed by atoms with Gasteiger partial charge in [0.2, 0.25) is 11.7 Å². The number of furan rings is 1. The van der Waals surface area contributed by atoms with Crippen LogP contribution in [0.5, 0.6) is 0 Å². The van der Waals surface area contributed by atoms with Crippen molar-refractivity contribution in [2.24, 2.45) is 0 Å². The average Bonchev–Trinajstić information content (AvgIpc) is 3.99. The fourth-order valence-corrected chi connectivity index (χ4v) is 9.36. The van der Waals surface area contributed by atoms with Gasteiger partial charge in [-0.05, 0) is 52.2 Å². The molecule has 5 heteroatoms. The number of fused-ring (bicyclic) bond motifs is 15. The summed E-state index contributed by atoms with van der Waals surface area (Å²) in [5.41, 5.74) is 11.3. The van der Waals surface area contributed by atoms with Gasteiger partial charge in [0.05, 0.1) is 38.7 Å². The number of rotatable bonds is 3. The number of hydrogen-bond donors (Lipinski definition) is 0. The molecule has 8 aromatic carbocycles. The number of nitrogens with zero attached hydrogens (tertiary/aromatic N) is 4. The third kappa shape index (κ3) is 3.81. The molecule has 0 saturated heterocycles. The smallest absolute Gasteiger partial charge is 0.238 e. The van der Waals surface area contributed by atoms with E-state index in [1.165, 1.54) is 65.2 Å². The summed E-state index contributed by atoms with van der Waals surface area (Å²) in [7, 11) is 0. The minimum atomic E-state index is 0.566. The molecule has 0 fully saturated rings. The molecule has 0 amide bonds. The van der Waals surface area contributed by atoms with Gasteiger partial charge in [-0.25, -0.2) is 4.98 Å². The zero-order valence-corrected chi connectivity index (χ0v) is 29.4. The molecular weight excluding hydrogens is 673 g/mol. The molecule has 0 N–H and O–H groups in total.